The number of ether oxygens (including phenoxy) is 2. The number of rotatable bonds is 2. The number of pyridine rings is 1. The van der Waals surface area contributed by atoms with E-state index in [4.69, 9.17) is 13.9 Å². The number of aromatic nitrogens is 1. The molecule has 0 aliphatic carbocycles. The third-order valence-corrected chi connectivity index (χ3v) is 3.46. The zero-order chi connectivity index (χ0) is 13.2. The molecule has 0 bridgehead atoms. The fourth-order valence-corrected chi connectivity index (χ4v) is 2.41. The van der Waals surface area contributed by atoms with Crippen LogP contribution in [0.5, 0.6) is 0 Å². The highest BCUT2D eigenvalue weighted by atomic mass is 16.5. The summed E-state index contributed by atoms with van der Waals surface area (Å²) in [6.07, 6.45) is 3.47. The van der Waals surface area contributed by atoms with Crippen molar-refractivity contribution in [3.63, 3.8) is 0 Å². The van der Waals surface area contributed by atoms with Crippen molar-refractivity contribution >= 4 is 17.1 Å². The summed E-state index contributed by atoms with van der Waals surface area (Å²) in [7, 11) is 1.36. The first-order valence-corrected chi connectivity index (χ1v) is 6.34. The van der Waals surface area contributed by atoms with Crippen molar-refractivity contribution in [2.24, 2.45) is 0 Å². The number of carbonyl (C=O) groups excluding carboxylic acids is 1. The van der Waals surface area contributed by atoms with Crippen molar-refractivity contribution in [3.05, 3.63) is 29.7 Å². The minimum atomic E-state index is -0.403. The molecule has 1 aliphatic rings. The molecule has 0 spiro atoms. The molecule has 1 aliphatic heterocycles. The van der Waals surface area contributed by atoms with Gasteiger partial charge in [-0.3, -0.25) is 4.98 Å². The minimum absolute atomic E-state index is 0.341. The molecule has 100 valence electrons. The van der Waals surface area contributed by atoms with Crippen molar-refractivity contribution in [2.75, 3.05) is 20.3 Å². The van der Waals surface area contributed by atoms with Crippen LogP contribution in [0.4, 0.5) is 0 Å². The van der Waals surface area contributed by atoms with E-state index in [1.807, 2.05) is 6.07 Å². The van der Waals surface area contributed by atoms with E-state index in [9.17, 15) is 4.79 Å². The van der Waals surface area contributed by atoms with E-state index in [-0.39, 0.29) is 0 Å². The Morgan fingerprint density at radius 3 is 2.95 bits per heavy atom. The lowest BCUT2D eigenvalue weighted by molar-refractivity contribution is 0.0601. The average Bonchev–Trinajstić information content (AvgIpc) is 2.91. The molecule has 0 unspecified atom stereocenters. The van der Waals surface area contributed by atoms with E-state index in [0.29, 0.717) is 22.6 Å². The van der Waals surface area contributed by atoms with E-state index in [1.165, 1.54) is 7.11 Å². The highest BCUT2D eigenvalue weighted by Gasteiger charge is 2.22. The van der Waals surface area contributed by atoms with Gasteiger partial charge in [-0.2, -0.15) is 0 Å². The van der Waals surface area contributed by atoms with Crippen LogP contribution in [0.1, 0.15) is 34.9 Å². The lowest BCUT2D eigenvalue weighted by Crippen LogP contribution is -2.13. The van der Waals surface area contributed by atoms with Gasteiger partial charge in [0.05, 0.1) is 7.11 Å². The van der Waals surface area contributed by atoms with E-state index in [2.05, 4.69) is 4.98 Å². The van der Waals surface area contributed by atoms with Gasteiger partial charge in [-0.05, 0) is 18.9 Å². The van der Waals surface area contributed by atoms with Crippen LogP contribution in [0.25, 0.3) is 11.1 Å². The molecule has 3 rings (SSSR count). The molecule has 0 aromatic carbocycles. The quantitative estimate of drug-likeness (QED) is 0.777. The van der Waals surface area contributed by atoms with Crippen molar-refractivity contribution in [2.45, 2.75) is 18.8 Å². The van der Waals surface area contributed by atoms with Gasteiger partial charge in [0.15, 0.2) is 5.58 Å². The van der Waals surface area contributed by atoms with Crippen LogP contribution in [-0.2, 0) is 9.47 Å². The summed E-state index contributed by atoms with van der Waals surface area (Å²) < 4.78 is 15.9. The number of methoxy groups -OCH3 is 1. The highest BCUT2D eigenvalue weighted by Crippen LogP contribution is 2.32. The fraction of sp³-hybridized carbons (Fsp3) is 0.429. The Labute approximate surface area is 110 Å². The predicted octanol–water partition coefficient (Wildman–Crippen LogP) is 2.51. The molecule has 3 heterocycles. The van der Waals surface area contributed by atoms with Gasteiger partial charge >= 0.3 is 5.97 Å². The SMILES string of the molecule is COC(=O)c1ccnc2cc(C3CCOCC3)oc12. The number of fused-ring (bicyclic) bond motifs is 1. The number of hydrogen-bond donors (Lipinski definition) is 0. The molecular formula is C14H15NO4. The van der Waals surface area contributed by atoms with Crippen LogP contribution in [0.2, 0.25) is 0 Å². The molecule has 19 heavy (non-hydrogen) atoms. The van der Waals surface area contributed by atoms with Crippen molar-refractivity contribution in [3.8, 4) is 0 Å². The summed E-state index contributed by atoms with van der Waals surface area (Å²) in [6, 6.07) is 3.53. The largest absolute Gasteiger partial charge is 0.465 e. The van der Waals surface area contributed by atoms with E-state index in [1.54, 1.807) is 12.3 Å². The van der Waals surface area contributed by atoms with Crippen LogP contribution in [0.15, 0.2) is 22.7 Å². The summed E-state index contributed by atoms with van der Waals surface area (Å²) in [6.45, 7) is 1.50. The molecule has 1 fully saturated rings. The Bertz CT molecular complexity index is 599. The smallest absolute Gasteiger partial charge is 0.341 e. The first kappa shape index (κ1) is 12.2. The number of nitrogens with zero attached hydrogens (tertiary/aromatic N) is 1. The summed E-state index contributed by atoms with van der Waals surface area (Å²) in [5.41, 5.74) is 1.63. The van der Waals surface area contributed by atoms with Gasteiger partial charge < -0.3 is 13.9 Å². The molecule has 5 heteroatoms. The first-order chi connectivity index (χ1) is 9.29. The second kappa shape index (κ2) is 5.01. The van der Waals surface area contributed by atoms with Gasteiger partial charge in [-0.25, -0.2) is 4.79 Å². The van der Waals surface area contributed by atoms with E-state index >= 15 is 0 Å². The van der Waals surface area contributed by atoms with Crippen LogP contribution >= 0.6 is 0 Å². The summed E-state index contributed by atoms with van der Waals surface area (Å²) in [4.78, 5) is 15.9. The van der Waals surface area contributed by atoms with Crippen molar-refractivity contribution in [1.29, 1.82) is 0 Å². The molecule has 5 nitrogen and oxygen atoms in total. The molecule has 0 amide bonds. The van der Waals surface area contributed by atoms with E-state index in [0.717, 1.165) is 31.8 Å². The highest BCUT2D eigenvalue weighted by molar-refractivity contribution is 6.00. The summed E-state index contributed by atoms with van der Waals surface area (Å²) >= 11 is 0. The van der Waals surface area contributed by atoms with Crippen molar-refractivity contribution < 1.29 is 18.7 Å². The standard InChI is InChI=1S/C14H15NO4/c1-17-14(16)10-2-5-15-11-8-12(19-13(10)11)9-3-6-18-7-4-9/h2,5,8-9H,3-4,6-7H2,1H3. The summed E-state index contributed by atoms with van der Waals surface area (Å²) in [5, 5.41) is 0. The maximum absolute atomic E-state index is 11.7. The van der Waals surface area contributed by atoms with Gasteiger partial charge in [0.2, 0.25) is 0 Å². The number of esters is 1. The Balaban J connectivity index is 2.02. The average molecular weight is 261 g/mol. The number of carbonyl (C=O) groups is 1. The summed E-state index contributed by atoms with van der Waals surface area (Å²) in [5.74, 6) is 0.816. The van der Waals surface area contributed by atoms with Gasteiger partial charge in [0.1, 0.15) is 16.8 Å². The molecule has 0 radical (unpaired) electrons. The van der Waals surface area contributed by atoms with Gasteiger partial charge in [-0.1, -0.05) is 0 Å². The Morgan fingerprint density at radius 2 is 2.21 bits per heavy atom. The maximum atomic E-state index is 11.7. The minimum Gasteiger partial charge on any atom is -0.465 e. The first-order valence-electron chi connectivity index (χ1n) is 6.34. The topological polar surface area (TPSA) is 61.6 Å². The van der Waals surface area contributed by atoms with Crippen LogP contribution in [0, 0.1) is 0 Å². The fourth-order valence-electron chi connectivity index (χ4n) is 2.41. The zero-order valence-corrected chi connectivity index (χ0v) is 10.7. The predicted molar refractivity (Wildman–Crippen MR) is 68.1 cm³/mol. The third kappa shape index (κ3) is 2.21. The molecule has 2 aromatic rings. The molecule has 2 aromatic heterocycles. The normalized spacial score (nSPS) is 16.7. The lowest BCUT2D eigenvalue weighted by Gasteiger charge is -2.19. The van der Waals surface area contributed by atoms with Crippen LogP contribution < -0.4 is 0 Å². The molecule has 1 saturated heterocycles. The maximum Gasteiger partial charge on any atom is 0.341 e. The van der Waals surface area contributed by atoms with Gasteiger partial charge in [0, 0.05) is 31.4 Å². The van der Waals surface area contributed by atoms with Crippen LogP contribution in [0.3, 0.4) is 0 Å². The van der Waals surface area contributed by atoms with E-state index < -0.39 is 5.97 Å². The molecule has 0 N–H and O–H groups in total. The van der Waals surface area contributed by atoms with Crippen molar-refractivity contribution in [1.82, 2.24) is 4.98 Å². The van der Waals surface area contributed by atoms with Crippen LogP contribution in [-0.4, -0.2) is 31.3 Å². The Kier molecular flexibility index (Phi) is 3.21. The Hall–Kier alpha value is -1.88. The number of furan rings is 1. The third-order valence-electron chi connectivity index (χ3n) is 3.46. The Morgan fingerprint density at radius 1 is 1.42 bits per heavy atom. The van der Waals surface area contributed by atoms with Gasteiger partial charge in [0.25, 0.3) is 0 Å². The lowest BCUT2D eigenvalue weighted by atomic mass is 9.98. The number of hydrogen-bond acceptors (Lipinski definition) is 5. The van der Waals surface area contributed by atoms with Gasteiger partial charge in [-0.15, -0.1) is 0 Å². The molecular weight excluding hydrogens is 246 g/mol. The second-order valence-corrected chi connectivity index (χ2v) is 4.60. The second-order valence-electron chi connectivity index (χ2n) is 4.60. The molecule has 0 saturated carbocycles. The zero-order valence-electron chi connectivity index (χ0n) is 10.7. The monoisotopic (exact) mass is 261 g/mol. The molecule has 0 atom stereocenters.